The van der Waals surface area contributed by atoms with Crippen LogP contribution >= 0.6 is 0 Å². The third-order valence-electron chi connectivity index (χ3n) is 4.09. The van der Waals surface area contributed by atoms with Gasteiger partial charge in [0.2, 0.25) is 0 Å². The van der Waals surface area contributed by atoms with Crippen LogP contribution < -0.4 is 9.47 Å². The van der Waals surface area contributed by atoms with E-state index in [1.807, 2.05) is 0 Å². The van der Waals surface area contributed by atoms with Crippen molar-refractivity contribution in [3.05, 3.63) is 23.3 Å². The summed E-state index contributed by atoms with van der Waals surface area (Å²) in [5.41, 5.74) is 2.86. The highest BCUT2D eigenvalue weighted by Gasteiger charge is 2.40. The molecule has 0 amide bonds. The van der Waals surface area contributed by atoms with Crippen LogP contribution in [-0.4, -0.2) is 32.2 Å². The molecule has 0 aromatic heterocycles. The van der Waals surface area contributed by atoms with Crippen molar-refractivity contribution in [1.82, 2.24) is 4.90 Å². The number of hydrogen-bond acceptors (Lipinski definition) is 3. The second-order valence-electron chi connectivity index (χ2n) is 5.07. The number of hydrogen-bond donors (Lipinski definition) is 0. The van der Waals surface area contributed by atoms with Crippen LogP contribution in [0.4, 0.5) is 0 Å². The van der Waals surface area contributed by atoms with Crippen molar-refractivity contribution in [2.75, 3.05) is 27.3 Å². The van der Waals surface area contributed by atoms with Gasteiger partial charge in [-0.1, -0.05) is 6.92 Å². The minimum atomic E-state index is 0.596. The molecule has 0 N–H and O–H groups in total. The van der Waals surface area contributed by atoms with Crippen LogP contribution in [0.1, 0.15) is 24.1 Å². The van der Waals surface area contributed by atoms with Crippen molar-refractivity contribution in [3.63, 3.8) is 0 Å². The summed E-state index contributed by atoms with van der Waals surface area (Å²) in [6.07, 6.45) is 1.12. The quantitative estimate of drug-likeness (QED) is 0.782. The van der Waals surface area contributed by atoms with Crippen molar-refractivity contribution >= 4 is 0 Å². The first kappa shape index (κ1) is 10.9. The normalized spacial score (nSPS) is 26.8. The molecule has 3 rings (SSSR count). The van der Waals surface area contributed by atoms with Crippen molar-refractivity contribution < 1.29 is 9.47 Å². The second kappa shape index (κ2) is 3.91. The molecule has 3 heteroatoms. The molecule has 1 saturated heterocycles. The molecule has 0 saturated carbocycles. The highest BCUT2D eigenvalue weighted by atomic mass is 16.5. The topological polar surface area (TPSA) is 21.7 Å². The van der Waals surface area contributed by atoms with E-state index in [1.54, 1.807) is 14.2 Å². The lowest BCUT2D eigenvalue weighted by molar-refractivity contribution is 0.0158. The first-order valence-corrected chi connectivity index (χ1v) is 6.23. The molecule has 2 aliphatic rings. The van der Waals surface area contributed by atoms with E-state index in [1.165, 1.54) is 24.2 Å². The Morgan fingerprint density at radius 1 is 1.18 bits per heavy atom. The largest absolute Gasteiger partial charge is 0.493 e. The molecule has 0 aliphatic carbocycles. The highest BCUT2D eigenvalue weighted by Crippen LogP contribution is 2.46. The molecule has 2 aliphatic heterocycles. The summed E-state index contributed by atoms with van der Waals surface area (Å²) in [6, 6.07) is 4.91. The van der Waals surface area contributed by atoms with Gasteiger partial charge in [0.25, 0.3) is 0 Å². The van der Waals surface area contributed by atoms with Crippen molar-refractivity contribution in [1.29, 1.82) is 0 Å². The zero-order valence-corrected chi connectivity index (χ0v) is 10.7. The molecule has 2 unspecified atom stereocenters. The fourth-order valence-corrected chi connectivity index (χ4v) is 3.23. The van der Waals surface area contributed by atoms with E-state index in [2.05, 4.69) is 24.0 Å². The van der Waals surface area contributed by atoms with Gasteiger partial charge in [-0.3, -0.25) is 4.90 Å². The monoisotopic (exact) mass is 233 g/mol. The van der Waals surface area contributed by atoms with Gasteiger partial charge in [-0.2, -0.15) is 0 Å². The van der Waals surface area contributed by atoms with E-state index >= 15 is 0 Å². The molecule has 92 valence electrons. The van der Waals surface area contributed by atoms with E-state index in [9.17, 15) is 0 Å². The summed E-state index contributed by atoms with van der Waals surface area (Å²) >= 11 is 0. The van der Waals surface area contributed by atoms with E-state index < -0.39 is 0 Å². The van der Waals surface area contributed by atoms with Crippen molar-refractivity contribution in [3.8, 4) is 11.5 Å². The molecule has 1 fully saturated rings. The summed E-state index contributed by atoms with van der Waals surface area (Å²) in [6.45, 7) is 4.74. The van der Waals surface area contributed by atoms with Gasteiger partial charge in [0.15, 0.2) is 11.5 Å². The van der Waals surface area contributed by atoms with Gasteiger partial charge < -0.3 is 9.47 Å². The number of benzene rings is 1. The van der Waals surface area contributed by atoms with E-state index in [4.69, 9.17) is 9.47 Å². The molecule has 2 heterocycles. The van der Waals surface area contributed by atoms with Crippen LogP contribution in [0.15, 0.2) is 12.1 Å². The van der Waals surface area contributed by atoms with Crippen LogP contribution in [0, 0.1) is 5.92 Å². The molecular formula is C14H19NO2. The van der Waals surface area contributed by atoms with Gasteiger partial charge >= 0.3 is 0 Å². The summed E-state index contributed by atoms with van der Waals surface area (Å²) in [5.74, 6) is 2.46. The lowest BCUT2D eigenvalue weighted by Crippen LogP contribution is -2.51. The van der Waals surface area contributed by atoms with Gasteiger partial charge in [-0.05, 0) is 35.6 Å². The van der Waals surface area contributed by atoms with Gasteiger partial charge in [0.1, 0.15) is 0 Å². The fraction of sp³-hybridized carbons (Fsp3) is 0.571. The average molecular weight is 233 g/mol. The number of ether oxygens (including phenoxy) is 2. The number of methoxy groups -OCH3 is 2. The Labute approximate surface area is 102 Å². The molecule has 2 atom stereocenters. The minimum Gasteiger partial charge on any atom is -0.493 e. The standard InChI is InChI=1S/C14H19NO2/c1-9-8-15-5-4-10-6-12(16-2)13(17-3)7-11(10)14(9)15/h6-7,9,14H,4-5,8H2,1-3H3. The van der Waals surface area contributed by atoms with Crippen LogP contribution in [0.2, 0.25) is 0 Å². The Hall–Kier alpha value is -1.22. The molecular weight excluding hydrogens is 214 g/mol. The van der Waals surface area contributed by atoms with Gasteiger partial charge in [0.05, 0.1) is 14.2 Å². The fourth-order valence-electron chi connectivity index (χ4n) is 3.23. The van der Waals surface area contributed by atoms with Crippen LogP contribution in [0.5, 0.6) is 11.5 Å². The Morgan fingerprint density at radius 2 is 1.88 bits per heavy atom. The Morgan fingerprint density at radius 3 is 2.53 bits per heavy atom. The molecule has 0 spiro atoms. The van der Waals surface area contributed by atoms with Crippen LogP contribution in [0.3, 0.4) is 0 Å². The molecule has 1 aromatic carbocycles. The Bertz CT molecular complexity index is 444. The number of rotatable bonds is 2. The summed E-state index contributed by atoms with van der Waals surface area (Å²) in [4.78, 5) is 2.55. The SMILES string of the molecule is COc1cc2c(cc1OC)C1C(C)CN1CC2. The molecule has 17 heavy (non-hydrogen) atoms. The smallest absolute Gasteiger partial charge is 0.161 e. The third-order valence-corrected chi connectivity index (χ3v) is 4.09. The van der Waals surface area contributed by atoms with E-state index in [-0.39, 0.29) is 0 Å². The van der Waals surface area contributed by atoms with Gasteiger partial charge in [0, 0.05) is 19.1 Å². The number of nitrogens with zero attached hydrogens (tertiary/aromatic N) is 1. The highest BCUT2D eigenvalue weighted by molar-refractivity contribution is 5.50. The predicted molar refractivity (Wildman–Crippen MR) is 66.7 cm³/mol. The zero-order chi connectivity index (χ0) is 12.0. The van der Waals surface area contributed by atoms with E-state index in [0.29, 0.717) is 6.04 Å². The Balaban J connectivity index is 2.06. The first-order chi connectivity index (χ1) is 8.24. The maximum atomic E-state index is 5.40. The Kier molecular flexibility index (Phi) is 2.51. The molecule has 3 nitrogen and oxygen atoms in total. The van der Waals surface area contributed by atoms with Gasteiger partial charge in [-0.15, -0.1) is 0 Å². The second-order valence-corrected chi connectivity index (χ2v) is 5.07. The van der Waals surface area contributed by atoms with E-state index in [0.717, 1.165) is 23.8 Å². The molecule has 0 radical (unpaired) electrons. The van der Waals surface area contributed by atoms with Crippen LogP contribution in [-0.2, 0) is 6.42 Å². The zero-order valence-electron chi connectivity index (χ0n) is 10.7. The first-order valence-electron chi connectivity index (χ1n) is 6.23. The third kappa shape index (κ3) is 1.53. The minimum absolute atomic E-state index is 0.596. The van der Waals surface area contributed by atoms with Gasteiger partial charge in [-0.25, -0.2) is 0 Å². The predicted octanol–water partition coefficient (Wildman–Crippen LogP) is 2.25. The summed E-state index contributed by atoms with van der Waals surface area (Å²) in [7, 11) is 3.40. The summed E-state index contributed by atoms with van der Waals surface area (Å²) < 4.78 is 10.8. The molecule has 0 bridgehead atoms. The molecule has 1 aromatic rings. The average Bonchev–Trinajstić information content (AvgIpc) is 2.34. The maximum Gasteiger partial charge on any atom is 0.161 e. The lowest BCUT2D eigenvalue weighted by Gasteiger charge is -2.50. The summed E-state index contributed by atoms with van der Waals surface area (Å²) in [5, 5.41) is 0. The lowest BCUT2D eigenvalue weighted by atomic mass is 9.78. The maximum absolute atomic E-state index is 5.40. The van der Waals surface area contributed by atoms with Crippen molar-refractivity contribution in [2.45, 2.75) is 19.4 Å². The van der Waals surface area contributed by atoms with Crippen molar-refractivity contribution in [2.24, 2.45) is 5.92 Å². The van der Waals surface area contributed by atoms with Crippen LogP contribution in [0.25, 0.3) is 0 Å². The number of fused-ring (bicyclic) bond motifs is 3.